The average Bonchev–Trinajstić information content (AvgIpc) is 3.22. The lowest BCUT2D eigenvalue weighted by Gasteiger charge is -2.07. The van der Waals surface area contributed by atoms with Crippen LogP contribution in [0.5, 0.6) is 0 Å². The zero-order chi connectivity index (χ0) is 14.1. The summed E-state index contributed by atoms with van der Waals surface area (Å²) in [5.74, 6) is 1.50. The number of nitrogens with zero attached hydrogens (tertiary/aromatic N) is 4. The molecule has 0 aliphatic heterocycles. The molecule has 0 unspecified atom stereocenters. The molecule has 2 aromatic rings. The average molecular weight is 272 g/mol. The molecule has 1 aliphatic rings. The Morgan fingerprint density at radius 1 is 1.50 bits per heavy atom. The van der Waals surface area contributed by atoms with Gasteiger partial charge >= 0.3 is 5.97 Å². The second-order valence-electron chi connectivity index (χ2n) is 4.85. The van der Waals surface area contributed by atoms with Crippen LogP contribution < -0.4 is 0 Å². The molecule has 0 amide bonds. The molecular formula is C14H16N4O2. The fraction of sp³-hybridized carbons (Fsp3) is 0.429. The minimum Gasteiger partial charge on any atom is -0.461 e. The molecule has 0 saturated heterocycles. The van der Waals surface area contributed by atoms with Crippen LogP contribution in [0.4, 0.5) is 0 Å². The summed E-state index contributed by atoms with van der Waals surface area (Å²) in [6.07, 6.45) is 3.97. The number of aromatic nitrogens is 4. The molecule has 0 bridgehead atoms. The Bertz CT molecular complexity index is 646. The lowest BCUT2D eigenvalue weighted by molar-refractivity contribution is 0.0515. The number of rotatable bonds is 4. The third-order valence-electron chi connectivity index (χ3n) is 3.14. The van der Waals surface area contributed by atoms with Crippen molar-refractivity contribution in [2.45, 2.75) is 32.6 Å². The highest BCUT2D eigenvalue weighted by Gasteiger charge is 2.27. The molecule has 0 aromatic carbocycles. The summed E-state index contributed by atoms with van der Waals surface area (Å²) < 4.78 is 6.58. The summed E-state index contributed by atoms with van der Waals surface area (Å²) in [5, 5.41) is 4.33. The van der Waals surface area contributed by atoms with Crippen LogP contribution in [0.2, 0.25) is 0 Å². The summed E-state index contributed by atoms with van der Waals surface area (Å²) in [7, 11) is 0. The predicted octanol–water partition coefficient (Wildman–Crippen LogP) is 2.02. The molecule has 1 fully saturated rings. The second kappa shape index (κ2) is 5.03. The van der Waals surface area contributed by atoms with Crippen molar-refractivity contribution in [3.8, 4) is 5.82 Å². The van der Waals surface area contributed by atoms with Crippen molar-refractivity contribution in [2.24, 2.45) is 0 Å². The summed E-state index contributed by atoms with van der Waals surface area (Å²) in [5.41, 5.74) is 1.14. The van der Waals surface area contributed by atoms with Gasteiger partial charge in [0.15, 0.2) is 11.5 Å². The Balaban J connectivity index is 2.00. The van der Waals surface area contributed by atoms with Crippen molar-refractivity contribution in [1.29, 1.82) is 0 Å². The lowest BCUT2D eigenvalue weighted by Crippen LogP contribution is -2.13. The molecule has 1 aliphatic carbocycles. The van der Waals surface area contributed by atoms with Crippen molar-refractivity contribution in [1.82, 2.24) is 19.7 Å². The van der Waals surface area contributed by atoms with Crippen LogP contribution in [0.3, 0.4) is 0 Å². The van der Waals surface area contributed by atoms with Crippen LogP contribution in [0.25, 0.3) is 5.82 Å². The molecule has 6 nitrogen and oxygen atoms in total. The smallest absolute Gasteiger partial charge is 0.357 e. The molecule has 2 heterocycles. The minimum atomic E-state index is -0.389. The van der Waals surface area contributed by atoms with E-state index in [9.17, 15) is 4.79 Å². The van der Waals surface area contributed by atoms with Gasteiger partial charge < -0.3 is 4.74 Å². The Kier molecular flexibility index (Phi) is 3.22. The Morgan fingerprint density at radius 2 is 2.30 bits per heavy atom. The lowest BCUT2D eigenvalue weighted by atomic mass is 10.3. The van der Waals surface area contributed by atoms with Crippen molar-refractivity contribution < 1.29 is 9.53 Å². The molecule has 2 aromatic heterocycles. The summed E-state index contributed by atoms with van der Waals surface area (Å²) in [4.78, 5) is 20.7. The molecule has 0 radical (unpaired) electrons. The van der Waals surface area contributed by atoms with Gasteiger partial charge in [-0.1, -0.05) is 0 Å². The molecule has 104 valence electrons. The van der Waals surface area contributed by atoms with Gasteiger partial charge in [0, 0.05) is 18.2 Å². The minimum absolute atomic E-state index is 0.333. The first-order valence-corrected chi connectivity index (χ1v) is 6.76. The van der Waals surface area contributed by atoms with Gasteiger partial charge in [0.05, 0.1) is 12.3 Å². The highest BCUT2D eigenvalue weighted by atomic mass is 16.5. The monoisotopic (exact) mass is 272 g/mol. The van der Waals surface area contributed by atoms with Crippen molar-refractivity contribution in [3.05, 3.63) is 35.5 Å². The maximum atomic E-state index is 12.0. The maximum Gasteiger partial charge on any atom is 0.357 e. The van der Waals surface area contributed by atoms with E-state index in [0.29, 0.717) is 24.0 Å². The molecule has 0 N–H and O–H groups in total. The summed E-state index contributed by atoms with van der Waals surface area (Å²) >= 11 is 0. The van der Waals surface area contributed by atoms with Crippen LogP contribution in [0.1, 0.15) is 47.7 Å². The van der Waals surface area contributed by atoms with E-state index in [-0.39, 0.29) is 5.97 Å². The fourth-order valence-corrected chi connectivity index (χ4v) is 2.04. The number of carbonyl (C=O) groups excluding carboxylic acids is 1. The van der Waals surface area contributed by atoms with Crippen molar-refractivity contribution >= 4 is 5.97 Å². The molecular weight excluding hydrogens is 256 g/mol. The number of carbonyl (C=O) groups is 1. The highest BCUT2D eigenvalue weighted by molar-refractivity contribution is 5.88. The van der Waals surface area contributed by atoms with Gasteiger partial charge in [-0.05, 0) is 32.8 Å². The van der Waals surface area contributed by atoms with Gasteiger partial charge in [0.2, 0.25) is 0 Å². The second-order valence-corrected chi connectivity index (χ2v) is 4.85. The Morgan fingerprint density at radius 3 is 3.00 bits per heavy atom. The van der Waals surface area contributed by atoms with E-state index < -0.39 is 0 Å². The van der Waals surface area contributed by atoms with Gasteiger partial charge in [-0.15, -0.1) is 0 Å². The van der Waals surface area contributed by atoms with Crippen molar-refractivity contribution in [2.75, 3.05) is 6.61 Å². The van der Waals surface area contributed by atoms with Gasteiger partial charge in [0.25, 0.3) is 0 Å². The third kappa shape index (κ3) is 2.41. The van der Waals surface area contributed by atoms with Crippen LogP contribution >= 0.6 is 0 Å². The Hall–Kier alpha value is -2.24. The first-order chi connectivity index (χ1) is 9.69. The van der Waals surface area contributed by atoms with E-state index in [0.717, 1.165) is 24.4 Å². The number of hydrogen-bond donors (Lipinski definition) is 0. The van der Waals surface area contributed by atoms with Gasteiger partial charge in [0.1, 0.15) is 5.82 Å². The van der Waals surface area contributed by atoms with E-state index in [1.165, 1.54) is 4.68 Å². The summed E-state index contributed by atoms with van der Waals surface area (Å²) in [6, 6.07) is 3.46. The molecule has 20 heavy (non-hydrogen) atoms. The molecule has 6 heteroatoms. The van der Waals surface area contributed by atoms with Gasteiger partial charge in [-0.2, -0.15) is 5.10 Å². The third-order valence-corrected chi connectivity index (χ3v) is 3.14. The maximum absolute atomic E-state index is 12.0. The fourth-order valence-electron chi connectivity index (χ4n) is 2.04. The van der Waals surface area contributed by atoms with E-state index in [1.54, 1.807) is 25.3 Å². The van der Waals surface area contributed by atoms with Crippen LogP contribution in [0.15, 0.2) is 18.3 Å². The zero-order valence-electron chi connectivity index (χ0n) is 11.5. The molecule has 1 saturated carbocycles. The first kappa shape index (κ1) is 12.8. The van der Waals surface area contributed by atoms with Gasteiger partial charge in [-0.3, -0.25) is 0 Å². The number of esters is 1. The first-order valence-electron chi connectivity index (χ1n) is 6.76. The van der Waals surface area contributed by atoms with E-state index in [4.69, 9.17) is 4.74 Å². The molecule has 0 spiro atoms. The van der Waals surface area contributed by atoms with Crippen molar-refractivity contribution in [3.63, 3.8) is 0 Å². The van der Waals surface area contributed by atoms with E-state index in [2.05, 4.69) is 15.1 Å². The Labute approximate surface area is 116 Å². The normalized spacial score (nSPS) is 14.3. The zero-order valence-corrected chi connectivity index (χ0v) is 11.5. The summed E-state index contributed by atoms with van der Waals surface area (Å²) in [6.45, 7) is 3.95. The highest BCUT2D eigenvalue weighted by Crippen LogP contribution is 2.37. The van der Waals surface area contributed by atoms with Crippen LogP contribution in [-0.4, -0.2) is 32.3 Å². The van der Waals surface area contributed by atoms with E-state index in [1.807, 2.05) is 6.92 Å². The SMILES string of the molecule is CCOC(=O)c1cc(C)nn1-c1ccnc(C2CC2)n1. The number of aryl methyl sites for hydroxylation is 1. The number of hydrogen-bond acceptors (Lipinski definition) is 5. The van der Waals surface area contributed by atoms with Gasteiger partial charge in [-0.25, -0.2) is 19.4 Å². The quantitative estimate of drug-likeness (QED) is 0.796. The van der Waals surface area contributed by atoms with Crippen LogP contribution in [0, 0.1) is 6.92 Å². The predicted molar refractivity (Wildman–Crippen MR) is 71.8 cm³/mol. The number of ether oxygens (including phenoxy) is 1. The standard InChI is InChI=1S/C14H16N4O2/c1-3-20-14(19)11-8-9(2)17-18(11)12-6-7-15-13(16-12)10-4-5-10/h6-8,10H,3-5H2,1-2H3. The largest absolute Gasteiger partial charge is 0.461 e. The van der Waals surface area contributed by atoms with Crippen LogP contribution in [-0.2, 0) is 4.74 Å². The topological polar surface area (TPSA) is 69.9 Å². The molecule has 0 atom stereocenters. The molecule has 3 rings (SSSR count). The van der Waals surface area contributed by atoms with E-state index >= 15 is 0 Å².